The van der Waals surface area contributed by atoms with Gasteiger partial charge in [-0.15, -0.1) is 0 Å². The van der Waals surface area contributed by atoms with E-state index >= 15 is 0 Å². The number of fused-ring (bicyclic) bond motifs is 1. The van der Waals surface area contributed by atoms with Gasteiger partial charge in [0.1, 0.15) is 23.1 Å². The Morgan fingerprint density at radius 2 is 1.70 bits per heavy atom. The van der Waals surface area contributed by atoms with Crippen LogP contribution in [0.5, 0.6) is 17.2 Å². The number of halogens is 1. The number of allylic oxidation sites excluding steroid dienone is 1. The van der Waals surface area contributed by atoms with E-state index in [9.17, 15) is 14.0 Å². The summed E-state index contributed by atoms with van der Waals surface area (Å²) in [6, 6.07) is 17.3. The molecule has 4 rings (SSSR count). The number of benzene rings is 3. The highest BCUT2D eigenvalue weighted by Gasteiger charge is 2.27. The molecule has 1 heterocycles. The Morgan fingerprint density at radius 3 is 2.40 bits per heavy atom. The van der Waals surface area contributed by atoms with Crippen molar-refractivity contribution < 1.29 is 28.2 Å². The molecular weight excluding hydrogens is 387 g/mol. The number of carbonyl (C=O) groups excluding carboxylic acids is 2. The third-order valence-electron chi connectivity index (χ3n) is 4.59. The number of ketones is 2. The maximum Gasteiger partial charge on any atom is 0.231 e. The largest absolute Gasteiger partial charge is 0.497 e. The molecule has 6 heteroatoms. The molecule has 0 radical (unpaired) electrons. The lowest BCUT2D eigenvalue weighted by Gasteiger charge is -2.07. The van der Waals surface area contributed by atoms with E-state index < -0.39 is 5.82 Å². The van der Waals surface area contributed by atoms with Gasteiger partial charge < -0.3 is 14.2 Å². The molecule has 0 bridgehead atoms. The summed E-state index contributed by atoms with van der Waals surface area (Å²) < 4.78 is 29.3. The van der Waals surface area contributed by atoms with Crippen LogP contribution in [-0.4, -0.2) is 25.3 Å². The summed E-state index contributed by atoms with van der Waals surface area (Å²) in [5.74, 6) is 0.758. The van der Waals surface area contributed by atoms with E-state index in [1.54, 1.807) is 43.5 Å². The van der Waals surface area contributed by atoms with E-state index in [1.807, 2.05) is 12.1 Å². The average molecular weight is 404 g/mol. The van der Waals surface area contributed by atoms with Gasteiger partial charge in [0.05, 0.1) is 12.7 Å². The Bertz CT molecular complexity index is 1130. The van der Waals surface area contributed by atoms with Crippen molar-refractivity contribution in [3.8, 4) is 17.2 Å². The molecule has 0 aliphatic carbocycles. The quantitative estimate of drug-likeness (QED) is 0.440. The van der Waals surface area contributed by atoms with Crippen molar-refractivity contribution in [2.75, 3.05) is 13.7 Å². The minimum absolute atomic E-state index is 0.203. The Hall–Kier alpha value is -3.93. The number of carbonyl (C=O) groups is 2. The first-order valence-electron chi connectivity index (χ1n) is 9.17. The summed E-state index contributed by atoms with van der Waals surface area (Å²) in [5, 5.41) is 0. The summed E-state index contributed by atoms with van der Waals surface area (Å²) >= 11 is 0. The SMILES string of the molecule is COc1ccc(C=C2Oc3cc(OCC(=O)c4ccc(F)cc4)ccc3C2=O)cc1. The molecule has 0 spiro atoms. The van der Waals surface area contributed by atoms with Crippen molar-refractivity contribution >= 4 is 17.6 Å². The van der Waals surface area contributed by atoms with Crippen LogP contribution in [0.4, 0.5) is 4.39 Å². The van der Waals surface area contributed by atoms with Gasteiger partial charge in [-0.3, -0.25) is 9.59 Å². The Kier molecular flexibility index (Phi) is 5.30. The molecular formula is C24H17FO5. The van der Waals surface area contributed by atoms with Crippen LogP contribution in [0, 0.1) is 5.82 Å². The monoisotopic (exact) mass is 404 g/mol. The molecule has 0 unspecified atom stereocenters. The highest BCUT2D eigenvalue weighted by atomic mass is 19.1. The maximum atomic E-state index is 13.0. The predicted octanol–water partition coefficient (Wildman–Crippen LogP) is 4.71. The van der Waals surface area contributed by atoms with E-state index in [-0.39, 0.29) is 23.9 Å². The van der Waals surface area contributed by atoms with Gasteiger partial charge in [-0.05, 0) is 60.2 Å². The van der Waals surface area contributed by atoms with E-state index in [1.165, 1.54) is 24.3 Å². The third-order valence-corrected chi connectivity index (χ3v) is 4.59. The zero-order valence-electron chi connectivity index (χ0n) is 16.1. The summed E-state index contributed by atoms with van der Waals surface area (Å²) in [6.45, 7) is -0.215. The van der Waals surface area contributed by atoms with Crippen molar-refractivity contribution in [2.45, 2.75) is 0 Å². The molecule has 0 atom stereocenters. The number of Topliss-reactive ketones (excluding diaryl/α,β-unsaturated/α-hetero) is 2. The first-order chi connectivity index (χ1) is 14.5. The van der Waals surface area contributed by atoms with Crippen LogP contribution >= 0.6 is 0 Å². The summed E-state index contributed by atoms with van der Waals surface area (Å²) in [6.07, 6.45) is 1.65. The van der Waals surface area contributed by atoms with Gasteiger partial charge in [0.15, 0.2) is 18.1 Å². The minimum atomic E-state index is -0.411. The first-order valence-corrected chi connectivity index (χ1v) is 9.17. The summed E-state index contributed by atoms with van der Waals surface area (Å²) in [5.41, 5.74) is 1.58. The molecule has 0 fully saturated rings. The molecule has 0 saturated carbocycles. The minimum Gasteiger partial charge on any atom is -0.497 e. The zero-order valence-corrected chi connectivity index (χ0v) is 16.1. The van der Waals surface area contributed by atoms with E-state index in [4.69, 9.17) is 14.2 Å². The van der Waals surface area contributed by atoms with Crippen LogP contribution in [0.15, 0.2) is 72.5 Å². The van der Waals surface area contributed by atoms with Gasteiger partial charge in [0, 0.05) is 11.6 Å². The fourth-order valence-corrected chi connectivity index (χ4v) is 2.98. The smallest absolute Gasteiger partial charge is 0.231 e. The van der Waals surface area contributed by atoms with Crippen LogP contribution in [0.1, 0.15) is 26.3 Å². The second kappa shape index (κ2) is 8.21. The zero-order chi connectivity index (χ0) is 21.1. The van der Waals surface area contributed by atoms with Crippen molar-refractivity contribution in [3.05, 3.63) is 95.0 Å². The van der Waals surface area contributed by atoms with Gasteiger partial charge in [0.2, 0.25) is 5.78 Å². The average Bonchev–Trinajstić information content (AvgIpc) is 3.07. The summed E-state index contributed by atoms with van der Waals surface area (Å²) in [7, 11) is 1.58. The lowest BCUT2D eigenvalue weighted by atomic mass is 10.1. The third kappa shape index (κ3) is 4.07. The molecule has 0 aromatic heterocycles. The molecule has 0 N–H and O–H groups in total. The molecule has 1 aliphatic heterocycles. The van der Waals surface area contributed by atoms with E-state index in [2.05, 4.69) is 0 Å². The van der Waals surface area contributed by atoms with Gasteiger partial charge in [-0.25, -0.2) is 4.39 Å². The van der Waals surface area contributed by atoms with Crippen LogP contribution in [0.2, 0.25) is 0 Å². The lowest BCUT2D eigenvalue weighted by Crippen LogP contribution is -2.11. The van der Waals surface area contributed by atoms with Gasteiger partial charge in [-0.2, -0.15) is 0 Å². The van der Waals surface area contributed by atoms with Crippen LogP contribution in [-0.2, 0) is 0 Å². The fourth-order valence-electron chi connectivity index (χ4n) is 2.98. The lowest BCUT2D eigenvalue weighted by molar-refractivity contribution is 0.0920. The molecule has 3 aromatic rings. The number of rotatable bonds is 6. The highest BCUT2D eigenvalue weighted by molar-refractivity contribution is 6.14. The van der Waals surface area contributed by atoms with Crippen LogP contribution in [0.3, 0.4) is 0 Å². The Balaban J connectivity index is 1.45. The number of hydrogen-bond acceptors (Lipinski definition) is 5. The van der Waals surface area contributed by atoms with Gasteiger partial charge in [0.25, 0.3) is 0 Å². The second-order valence-electron chi connectivity index (χ2n) is 6.59. The van der Waals surface area contributed by atoms with Gasteiger partial charge >= 0.3 is 0 Å². The number of methoxy groups -OCH3 is 1. The molecule has 30 heavy (non-hydrogen) atoms. The van der Waals surface area contributed by atoms with E-state index in [0.717, 1.165) is 11.3 Å². The molecule has 3 aromatic carbocycles. The van der Waals surface area contributed by atoms with Crippen LogP contribution < -0.4 is 14.2 Å². The van der Waals surface area contributed by atoms with Gasteiger partial charge in [-0.1, -0.05) is 12.1 Å². The fraction of sp³-hybridized carbons (Fsp3) is 0.0833. The molecule has 5 nitrogen and oxygen atoms in total. The molecule has 0 amide bonds. The van der Waals surface area contributed by atoms with Crippen molar-refractivity contribution in [2.24, 2.45) is 0 Å². The molecule has 0 saturated heterocycles. The number of ether oxygens (including phenoxy) is 3. The topological polar surface area (TPSA) is 61.8 Å². The number of hydrogen-bond donors (Lipinski definition) is 0. The summed E-state index contributed by atoms with van der Waals surface area (Å²) in [4.78, 5) is 24.7. The van der Waals surface area contributed by atoms with Crippen molar-refractivity contribution in [3.63, 3.8) is 0 Å². The highest BCUT2D eigenvalue weighted by Crippen LogP contribution is 2.35. The van der Waals surface area contributed by atoms with Crippen molar-refractivity contribution in [1.29, 1.82) is 0 Å². The first kappa shape index (κ1) is 19.4. The molecule has 1 aliphatic rings. The van der Waals surface area contributed by atoms with Crippen molar-refractivity contribution in [1.82, 2.24) is 0 Å². The normalized spacial score (nSPS) is 13.7. The standard InChI is InChI=1S/C24H17FO5/c1-28-18-8-2-15(3-9-18)12-23-24(27)20-11-10-19(13-22(20)30-23)29-14-21(26)16-4-6-17(25)7-5-16/h2-13H,14H2,1H3. The van der Waals surface area contributed by atoms with Crippen LogP contribution in [0.25, 0.3) is 6.08 Å². The Morgan fingerprint density at radius 1 is 1.00 bits per heavy atom. The predicted molar refractivity (Wildman–Crippen MR) is 109 cm³/mol. The maximum absolute atomic E-state index is 13.0. The Labute approximate surface area is 172 Å². The molecule has 150 valence electrons. The van der Waals surface area contributed by atoms with E-state index in [0.29, 0.717) is 22.6 Å². The second-order valence-corrected chi connectivity index (χ2v) is 6.59.